The van der Waals surface area contributed by atoms with E-state index < -0.39 is 18.6 Å². The van der Waals surface area contributed by atoms with Gasteiger partial charge in [-0.15, -0.1) is 0 Å². The van der Waals surface area contributed by atoms with Gasteiger partial charge in [0.15, 0.2) is 0 Å². The molecule has 1 saturated heterocycles. The lowest BCUT2D eigenvalue weighted by molar-refractivity contribution is -0.123. The lowest BCUT2D eigenvalue weighted by atomic mass is 10.1. The molecule has 1 aliphatic heterocycles. The van der Waals surface area contributed by atoms with Crippen LogP contribution in [0.5, 0.6) is 0 Å². The maximum absolute atomic E-state index is 12.1. The van der Waals surface area contributed by atoms with Crippen molar-refractivity contribution in [3.63, 3.8) is 0 Å². The zero-order chi connectivity index (χ0) is 15.6. The summed E-state index contributed by atoms with van der Waals surface area (Å²) in [5.41, 5.74) is 0.372. The van der Waals surface area contributed by atoms with Gasteiger partial charge in [-0.3, -0.25) is 9.59 Å². The van der Waals surface area contributed by atoms with Crippen LogP contribution in [0.4, 0.5) is 18.9 Å². The second kappa shape index (κ2) is 5.93. The van der Waals surface area contributed by atoms with Crippen molar-refractivity contribution in [3.05, 3.63) is 28.8 Å². The summed E-state index contributed by atoms with van der Waals surface area (Å²) in [5.74, 6) is -0.985. The normalized spacial score (nSPS) is 15.4. The summed E-state index contributed by atoms with van der Waals surface area (Å²) in [7, 11) is 0. The summed E-state index contributed by atoms with van der Waals surface area (Å²) in [6.07, 6.45) is -3.41. The first kappa shape index (κ1) is 15.6. The standard InChI is InChI=1S/C13H12ClF3N2O2/c14-9-4-3-8(12(21)18-7-13(15,16)17)6-10(9)19-5-1-2-11(19)20/h3-4,6H,1-2,5,7H2,(H,18,21). The number of alkyl halides is 3. The fourth-order valence-electron chi connectivity index (χ4n) is 2.05. The largest absolute Gasteiger partial charge is 0.405 e. The molecule has 21 heavy (non-hydrogen) atoms. The quantitative estimate of drug-likeness (QED) is 0.931. The SMILES string of the molecule is O=C(NCC(F)(F)F)c1ccc(Cl)c(N2CCCC2=O)c1. The fourth-order valence-corrected chi connectivity index (χ4v) is 2.27. The van der Waals surface area contributed by atoms with E-state index in [4.69, 9.17) is 11.6 Å². The highest BCUT2D eigenvalue weighted by molar-refractivity contribution is 6.34. The van der Waals surface area contributed by atoms with Crippen LogP contribution in [0.1, 0.15) is 23.2 Å². The molecule has 0 saturated carbocycles. The number of nitrogens with one attached hydrogen (secondary N) is 1. The molecule has 1 heterocycles. The highest BCUT2D eigenvalue weighted by Gasteiger charge is 2.28. The minimum Gasteiger partial charge on any atom is -0.343 e. The number of amides is 2. The van der Waals surface area contributed by atoms with Gasteiger partial charge in [0.2, 0.25) is 5.91 Å². The summed E-state index contributed by atoms with van der Waals surface area (Å²) >= 11 is 5.99. The highest BCUT2D eigenvalue weighted by atomic mass is 35.5. The molecular weight excluding hydrogens is 309 g/mol. The minimum atomic E-state index is -4.48. The van der Waals surface area contributed by atoms with E-state index in [1.807, 2.05) is 0 Å². The molecular formula is C13H12ClF3N2O2. The van der Waals surface area contributed by atoms with Crippen molar-refractivity contribution in [2.24, 2.45) is 0 Å². The predicted octanol–water partition coefficient (Wildman–Crippen LogP) is 2.76. The number of carbonyl (C=O) groups is 2. The molecule has 0 bridgehead atoms. The lowest BCUT2D eigenvalue weighted by Crippen LogP contribution is -2.34. The van der Waals surface area contributed by atoms with Gasteiger partial charge in [-0.05, 0) is 24.6 Å². The van der Waals surface area contributed by atoms with E-state index in [0.717, 1.165) is 0 Å². The zero-order valence-electron chi connectivity index (χ0n) is 10.8. The summed E-state index contributed by atoms with van der Waals surface area (Å²) in [5, 5.41) is 2.05. The van der Waals surface area contributed by atoms with E-state index in [9.17, 15) is 22.8 Å². The lowest BCUT2D eigenvalue weighted by Gasteiger charge is -2.18. The number of halogens is 4. The number of hydrogen-bond acceptors (Lipinski definition) is 2. The smallest absolute Gasteiger partial charge is 0.343 e. The van der Waals surface area contributed by atoms with E-state index in [0.29, 0.717) is 25.1 Å². The Labute approximate surface area is 123 Å². The summed E-state index contributed by atoms with van der Waals surface area (Å²) in [6, 6.07) is 4.04. The van der Waals surface area contributed by atoms with Gasteiger partial charge in [0.1, 0.15) is 6.54 Å². The maximum Gasteiger partial charge on any atom is 0.405 e. The van der Waals surface area contributed by atoms with E-state index >= 15 is 0 Å². The van der Waals surface area contributed by atoms with E-state index in [2.05, 4.69) is 0 Å². The average molecular weight is 321 g/mol. The van der Waals surface area contributed by atoms with Crippen LogP contribution in [-0.4, -0.2) is 31.1 Å². The van der Waals surface area contributed by atoms with Gasteiger partial charge in [-0.25, -0.2) is 0 Å². The Hall–Kier alpha value is -1.76. The van der Waals surface area contributed by atoms with Gasteiger partial charge < -0.3 is 10.2 Å². The molecule has 0 spiro atoms. The number of anilines is 1. The molecule has 8 heteroatoms. The predicted molar refractivity (Wildman–Crippen MR) is 71.4 cm³/mol. The van der Waals surface area contributed by atoms with E-state index in [1.54, 1.807) is 5.32 Å². The maximum atomic E-state index is 12.1. The third-order valence-electron chi connectivity index (χ3n) is 3.02. The molecule has 1 N–H and O–H groups in total. The van der Waals surface area contributed by atoms with Gasteiger partial charge in [-0.1, -0.05) is 11.6 Å². The van der Waals surface area contributed by atoms with Crippen LogP contribution in [-0.2, 0) is 4.79 Å². The van der Waals surface area contributed by atoms with Crippen LogP contribution in [0.2, 0.25) is 5.02 Å². The summed E-state index contributed by atoms with van der Waals surface area (Å²) < 4.78 is 36.2. The van der Waals surface area contributed by atoms with E-state index in [1.165, 1.54) is 23.1 Å². The van der Waals surface area contributed by atoms with Crippen LogP contribution in [0.25, 0.3) is 0 Å². The van der Waals surface area contributed by atoms with Gasteiger partial charge in [0.25, 0.3) is 5.91 Å². The van der Waals surface area contributed by atoms with Crippen LogP contribution < -0.4 is 10.2 Å². The molecule has 0 unspecified atom stereocenters. The van der Waals surface area contributed by atoms with Crippen molar-refractivity contribution in [1.82, 2.24) is 5.32 Å². The first-order valence-electron chi connectivity index (χ1n) is 6.23. The number of rotatable bonds is 3. The van der Waals surface area contributed by atoms with Crippen molar-refractivity contribution in [2.75, 3.05) is 18.0 Å². The Bertz CT molecular complexity index is 575. The Morgan fingerprint density at radius 1 is 1.38 bits per heavy atom. The number of carbonyl (C=O) groups excluding carboxylic acids is 2. The van der Waals surface area contributed by atoms with Crippen molar-refractivity contribution < 1.29 is 22.8 Å². The van der Waals surface area contributed by atoms with Crippen LogP contribution in [0.3, 0.4) is 0 Å². The van der Waals surface area contributed by atoms with Gasteiger partial charge in [0.05, 0.1) is 10.7 Å². The monoisotopic (exact) mass is 320 g/mol. The third kappa shape index (κ3) is 3.87. The second-order valence-electron chi connectivity index (χ2n) is 4.61. The number of nitrogens with zero attached hydrogens (tertiary/aromatic N) is 1. The van der Waals surface area contributed by atoms with Crippen LogP contribution in [0, 0.1) is 0 Å². The molecule has 0 aromatic heterocycles. The molecule has 0 atom stereocenters. The Kier molecular flexibility index (Phi) is 4.41. The molecule has 1 aromatic rings. The number of benzene rings is 1. The summed E-state index contributed by atoms with van der Waals surface area (Å²) in [6.45, 7) is -0.932. The van der Waals surface area contributed by atoms with Gasteiger partial charge in [-0.2, -0.15) is 13.2 Å². The van der Waals surface area contributed by atoms with Crippen LogP contribution >= 0.6 is 11.6 Å². The molecule has 1 aromatic carbocycles. The molecule has 1 fully saturated rings. The molecule has 2 amide bonds. The Morgan fingerprint density at radius 3 is 2.67 bits per heavy atom. The minimum absolute atomic E-state index is 0.0263. The molecule has 0 aliphatic carbocycles. The molecule has 0 radical (unpaired) electrons. The first-order valence-corrected chi connectivity index (χ1v) is 6.60. The van der Waals surface area contributed by atoms with E-state index in [-0.39, 0.29) is 16.5 Å². The summed E-state index contributed by atoms with van der Waals surface area (Å²) in [4.78, 5) is 24.8. The topological polar surface area (TPSA) is 49.4 Å². The second-order valence-corrected chi connectivity index (χ2v) is 5.02. The zero-order valence-corrected chi connectivity index (χ0v) is 11.6. The highest BCUT2D eigenvalue weighted by Crippen LogP contribution is 2.30. The molecule has 4 nitrogen and oxygen atoms in total. The molecule has 114 valence electrons. The Balaban J connectivity index is 2.18. The van der Waals surface area contributed by atoms with Crippen molar-refractivity contribution in [1.29, 1.82) is 0 Å². The third-order valence-corrected chi connectivity index (χ3v) is 3.34. The first-order chi connectivity index (χ1) is 9.78. The number of hydrogen-bond donors (Lipinski definition) is 1. The fraction of sp³-hybridized carbons (Fsp3) is 0.385. The van der Waals surface area contributed by atoms with Crippen molar-refractivity contribution in [2.45, 2.75) is 19.0 Å². The van der Waals surface area contributed by atoms with Crippen LogP contribution in [0.15, 0.2) is 18.2 Å². The van der Waals surface area contributed by atoms with Crippen molar-refractivity contribution in [3.8, 4) is 0 Å². The van der Waals surface area contributed by atoms with Gasteiger partial charge >= 0.3 is 6.18 Å². The Morgan fingerprint density at radius 2 is 2.10 bits per heavy atom. The molecule has 1 aliphatic rings. The van der Waals surface area contributed by atoms with Crippen molar-refractivity contribution >= 4 is 29.1 Å². The van der Waals surface area contributed by atoms with Gasteiger partial charge in [0, 0.05) is 18.5 Å². The molecule has 2 rings (SSSR count). The average Bonchev–Trinajstić information content (AvgIpc) is 2.82.